The van der Waals surface area contributed by atoms with Gasteiger partial charge in [-0.2, -0.15) is 18.4 Å². The minimum Gasteiger partial charge on any atom is -0.363 e. The number of amides is 2. The number of benzene rings is 2. The van der Waals surface area contributed by atoms with Gasteiger partial charge in [-0.1, -0.05) is 25.0 Å². The minimum absolute atomic E-state index is 0.111. The predicted molar refractivity (Wildman–Crippen MR) is 146 cm³/mol. The third-order valence-corrected chi connectivity index (χ3v) is 7.57. The number of nitriles is 1. The lowest BCUT2D eigenvalue weighted by Gasteiger charge is -2.35. The summed E-state index contributed by atoms with van der Waals surface area (Å²) in [6, 6.07) is 11.1. The maximum Gasteiger partial charge on any atom is 0.417 e. The number of carbonyl (C=O) groups is 2. The number of hydrogen-bond acceptors (Lipinski definition) is 7. The Morgan fingerprint density at radius 2 is 1.66 bits per heavy atom. The zero-order valence-corrected chi connectivity index (χ0v) is 22.6. The first-order valence-electron chi connectivity index (χ1n) is 13.4. The zero-order chi connectivity index (χ0) is 29.7. The van der Waals surface area contributed by atoms with Gasteiger partial charge in [0.1, 0.15) is 5.69 Å². The second-order valence-electron chi connectivity index (χ2n) is 10.1. The lowest BCUT2D eigenvalue weighted by Crippen LogP contribution is -2.46. The van der Waals surface area contributed by atoms with Gasteiger partial charge < -0.3 is 4.90 Å². The Labute approximate surface area is 235 Å². The highest BCUT2D eigenvalue weighted by atomic mass is 19.4. The van der Waals surface area contributed by atoms with Crippen molar-refractivity contribution in [1.82, 2.24) is 4.90 Å². The van der Waals surface area contributed by atoms with E-state index in [0.29, 0.717) is 43.3 Å². The topological polar surface area (TPSA) is 111 Å². The van der Waals surface area contributed by atoms with E-state index in [4.69, 9.17) is 5.26 Å². The van der Waals surface area contributed by atoms with E-state index < -0.39 is 29.1 Å². The van der Waals surface area contributed by atoms with E-state index in [1.807, 2.05) is 4.90 Å². The molecule has 0 spiro atoms. The van der Waals surface area contributed by atoms with Crippen molar-refractivity contribution >= 4 is 28.9 Å². The van der Waals surface area contributed by atoms with Crippen LogP contribution in [-0.4, -0.2) is 54.4 Å². The first-order chi connectivity index (χ1) is 19.5. The first kappa shape index (κ1) is 29.7. The number of hydrogen-bond donors (Lipinski definition) is 0. The molecule has 0 bridgehead atoms. The molecule has 0 N–H and O–H groups in total. The first-order valence-corrected chi connectivity index (χ1v) is 13.4. The van der Waals surface area contributed by atoms with E-state index in [1.165, 1.54) is 25.1 Å². The molecule has 0 unspecified atom stereocenters. The molecule has 0 radical (unpaired) electrons. The van der Waals surface area contributed by atoms with Gasteiger partial charge in [0.15, 0.2) is 0 Å². The van der Waals surface area contributed by atoms with E-state index in [0.717, 1.165) is 49.9 Å². The molecule has 41 heavy (non-hydrogen) atoms. The van der Waals surface area contributed by atoms with Gasteiger partial charge in [0.05, 0.1) is 27.8 Å². The van der Waals surface area contributed by atoms with Crippen molar-refractivity contribution in [2.24, 2.45) is 0 Å². The van der Waals surface area contributed by atoms with Gasteiger partial charge in [0, 0.05) is 43.4 Å². The number of alkyl halides is 3. The van der Waals surface area contributed by atoms with Crippen LogP contribution in [-0.2, 0) is 15.8 Å². The van der Waals surface area contributed by atoms with Crippen LogP contribution in [0.25, 0.3) is 0 Å². The molecule has 2 heterocycles. The van der Waals surface area contributed by atoms with Crippen molar-refractivity contribution in [3.05, 3.63) is 74.9 Å². The Morgan fingerprint density at radius 1 is 0.976 bits per heavy atom. The summed E-state index contributed by atoms with van der Waals surface area (Å²) in [5.41, 5.74) is -0.689. The Morgan fingerprint density at radius 3 is 2.32 bits per heavy atom. The molecular formula is C29H30F3N5O4. The van der Waals surface area contributed by atoms with Crippen LogP contribution in [0.3, 0.4) is 0 Å². The highest BCUT2D eigenvalue weighted by Crippen LogP contribution is 2.37. The second kappa shape index (κ2) is 12.5. The number of anilines is 2. The number of nitro groups is 1. The van der Waals surface area contributed by atoms with Gasteiger partial charge >= 0.3 is 6.18 Å². The summed E-state index contributed by atoms with van der Waals surface area (Å²) in [5.74, 6) is -1.27. The van der Waals surface area contributed by atoms with Gasteiger partial charge in [0.2, 0.25) is 0 Å². The van der Waals surface area contributed by atoms with Gasteiger partial charge in [-0.25, -0.2) is 4.90 Å². The predicted octanol–water partition coefficient (Wildman–Crippen LogP) is 5.45. The highest BCUT2D eigenvalue weighted by Gasteiger charge is 2.39. The van der Waals surface area contributed by atoms with Crippen LogP contribution in [0.1, 0.15) is 50.2 Å². The van der Waals surface area contributed by atoms with Gasteiger partial charge in [-0.15, -0.1) is 0 Å². The average Bonchev–Trinajstić information content (AvgIpc) is 3.17. The van der Waals surface area contributed by atoms with Crippen molar-refractivity contribution in [2.75, 3.05) is 42.5 Å². The number of imide groups is 1. The van der Waals surface area contributed by atoms with E-state index in [1.54, 1.807) is 18.2 Å². The molecule has 2 aromatic rings. The molecule has 1 fully saturated rings. The molecule has 2 amide bonds. The third-order valence-electron chi connectivity index (χ3n) is 7.57. The van der Waals surface area contributed by atoms with Gasteiger partial charge in [0.25, 0.3) is 17.5 Å². The van der Waals surface area contributed by atoms with Crippen LogP contribution >= 0.6 is 0 Å². The summed E-state index contributed by atoms with van der Waals surface area (Å²) < 4.78 is 40.2. The molecule has 12 heteroatoms. The highest BCUT2D eigenvalue weighted by molar-refractivity contribution is 6.32. The summed E-state index contributed by atoms with van der Waals surface area (Å²) in [6.45, 7) is 5.40. The van der Waals surface area contributed by atoms with E-state index in [2.05, 4.69) is 4.90 Å². The standard InChI is InChI=1S/C29H30F3N5O4/c1-20-23(28(39)36(27(20)38)22-12-11-21(19-33)24(18-22)29(30,31)32)8-4-2-3-7-13-34-14-16-35(17-15-34)25-9-5-6-10-26(25)37(40)41/h5-6,9-12,18H,2-4,7-8,13-17H2,1H3. The summed E-state index contributed by atoms with van der Waals surface area (Å²) in [6.07, 6.45) is -1.12. The fraction of sp³-hybridized carbons (Fsp3) is 0.414. The monoisotopic (exact) mass is 569 g/mol. The molecule has 2 aliphatic rings. The molecule has 0 aliphatic carbocycles. The summed E-state index contributed by atoms with van der Waals surface area (Å²) in [4.78, 5) is 41.9. The fourth-order valence-electron chi connectivity index (χ4n) is 5.31. The van der Waals surface area contributed by atoms with Crippen molar-refractivity contribution in [2.45, 2.75) is 45.2 Å². The Balaban J connectivity index is 1.23. The minimum atomic E-state index is -4.80. The molecule has 2 aliphatic heterocycles. The van der Waals surface area contributed by atoms with E-state index >= 15 is 0 Å². The molecular weight excluding hydrogens is 539 g/mol. The molecule has 0 aromatic heterocycles. The number of nitrogens with zero attached hydrogens (tertiary/aromatic N) is 5. The lowest BCUT2D eigenvalue weighted by atomic mass is 10.0. The molecule has 9 nitrogen and oxygen atoms in total. The lowest BCUT2D eigenvalue weighted by molar-refractivity contribution is -0.384. The van der Waals surface area contributed by atoms with Crippen molar-refractivity contribution < 1.29 is 27.7 Å². The van der Waals surface area contributed by atoms with E-state index in [-0.39, 0.29) is 21.9 Å². The Hall–Kier alpha value is -4.24. The number of rotatable bonds is 10. The Kier molecular flexibility index (Phi) is 9.08. The van der Waals surface area contributed by atoms with Crippen LogP contribution in [0, 0.1) is 21.4 Å². The number of nitro benzene ring substituents is 1. The summed E-state index contributed by atoms with van der Waals surface area (Å²) in [7, 11) is 0. The van der Waals surface area contributed by atoms with Crippen molar-refractivity contribution in [3.8, 4) is 6.07 Å². The van der Waals surface area contributed by atoms with E-state index in [9.17, 15) is 32.9 Å². The van der Waals surface area contributed by atoms with Crippen LogP contribution in [0.15, 0.2) is 53.6 Å². The quantitative estimate of drug-likeness (QED) is 0.162. The molecule has 1 saturated heterocycles. The third kappa shape index (κ3) is 6.57. The van der Waals surface area contributed by atoms with Crippen molar-refractivity contribution in [3.63, 3.8) is 0 Å². The van der Waals surface area contributed by atoms with Crippen molar-refractivity contribution in [1.29, 1.82) is 5.26 Å². The number of piperazine rings is 1. The van der Waals surface area contributed by atoms with Gasteiger partial charge in [-0.05, 0) is 57.0 Å². The fourth-order valence-corrected chi connectivity index (χ4v) is 5.31. The second-order valence-corrected chi connectivity index (χ2v) is 10.1. The van der Waals surface area contributed by atoms with Crippen LogP contribution < -0.4 is 9.80 Å². The molecule has 2 aromatic carbocycles. The molecule has 0 saturated carbocycles. The number of halogens is 3. The maximum absolute atomic E-state index is 13.4. The number of unbranched alkanes of at least 4 members (excludes halogenated alkanes) is 3. The molecule has 216 valence electrons. The van der Waals surface area contributed by atoms with Gasteiger partial charge in [-0.3, -0.25) is 24.6 Å². The molecule has 0 atom stereocenters. The largest absolute Gasteiger partial charge is 0.417 e. The number of carbonyl (C=O) groups excluding carboxylic acids is 2. The smallest absolute Gasteiger partial charge is 0.363 e. The average molecular weight is 570 g/mol. The summed E-state index contributed by atoms with van der Waals surface area (Å²) in [5, 5.41) is 20.3. The normalized spacial score (nSPS) is 16.5. The van der Waals surface area contributed by atoms with Crippen LogP contribution in [0.5, 0.6) is 0 Å². The summed E-state index contributed by atoms with van der Waals surface area (Å²) >= 11 is 0. The molecule has 4 rings (SSSR count). The number of para-hydroxylation sites is 2. The van der Waals surface area contributed by atoms with Crippen LogP contribution in [0.4, 0.5) is 30.2 Å². The van der Waals surface area contributed by atoms with Crippen LogP contribution in [0.2, 0.25) is 0 Å². The maximum atomic E-state index is 13.4. The zero-order valence-electron chi connectivity index (χ0n) is 22.6. The SMILES string of the molecule is CC1=C(CCCCCCN2CCN(c3ccccc3[N+](=O)[O-])CC2)C(=O)N(c2ccc(C#N)c(C(F)(F)F)c2)C1=O. The Bertz CT molecular complexity index is 1410.